The lowest BCUT2D eigenvalue weighted by Gasteiger charge is -2.28. The first-order chi connectivity index (χ1) is 8.43. The number of piperazine rings is 1. The molecule has 1 aromatic rings. The van der Waals surface area contributed by atoms with E-state index < -0.39 is 10.0 Å². The van der Waals surface area contributed by atoms with Crippen LogP contribution in [0, 0.1) is 20.8 Å². The Kier molecular flexibility index (Phi) is 5.38. The molecule has 1 aliphatic heterocycles. The average molecular weight is 305 g/mol. The summed E-state index contributed by atoms with van der Waals surface area (Å²) >= 11 is 0. The smallest absolute Gasteiger partial charge is 0.243 e. The molecule has 4 nitrogen and oxygen atoms in total. The number of nitrogens with zero attached hydrogens (tertiary/aromatic N) is 1. The molecule has 19 heavy (non-hydrogen) atoms. The van der Waals surface area contributed by atoms with Gasteiger partial charge in [-0.1, -0.05) is 17.7 Å². The van der Waals surface area contributed by atoms with Crippen LogP contribution in [0.1, 0.15) is 16.7 Å². The third kappa shape index (κ3) is 3.28. The molecule has 1 saturated heterocycles. The summed E-state index contributed by atoms with van der Waals surface area (Å²) in [4.78, 5) is 0.481. The van der Waals surface area contributed by atoms with Crippen LogP contribution in [0.25, 0.3) is 0 Å². The van der Waals surface area contributed by atoms with Crippen molar-refractivity contribution in [1.29, 1.82) is 0 Å². The van der Waals surface area contributed by atoms with Gasteiger partial charge < -0.3 is 5.32 Å². The van der Waals surface area contributed by atoms with Crippen molar-refractivity contribution < 1.29 is 8.42 Å². The van der Waals surface area contributed by atoms with Gasteiger partial charge in [0.05, 0.1) is 4.90 Å². The van der Waals surface area contributed by atoms with Crippen LogP contribution in [-0.4, -0.2) is 38.9 Å². The van der Waals surface area contributed by atoms with Crippen molar-refractivity contribution in [2.45, 2.75) is 25.7 Å². The molecule has 1 fully saturated rings. The summed E-state index contributed by atoms with van der Waals surface area (Å²) in [5.74, 6) is 0. The molecule has 0 radical (unpaired) electrons. The van der Waals surface area contributed by atoms with E-state index in [0.717, 1.165) is 29.8 Å². The summed E-state index contributed by atoms with van der Waals surface area (Å²) in [5.41, 5.74) is 2.78. The molecule has 0 aliphatic carbocycles. The SMILES string of the molecule is Cc1cc(C)c(S(=O)(=O)N2CCNCC2)c(C)c1.Cl. The van der Waals surface area contributed by atoms with Crippen molar-refractivity contribution in [3.63, 3.8) is 0 Å². The van der Waals surface area contributed by atoms with Crippen molar-refractivity contribution in [2.75, 3.05) is 26.2 Å². The van der Waals surface area contributed by atoms with Crippen LogP contribution in [0.15, 0.2) is 17.0 Å². The maximum atomic E-state index is 12.6. The third-order valence-corrected chi connectivity index (χ3v) is 5.48. The van der Waals surface area contributed by atoms with E-state index in [1.54, 1.807) is 4.31 Å². The monoisotopic (exact) mass is 304 g/mol. The van der Waals surface area contributed by atoms with E-state index in [9.17, 15) is 8.42 Å². The minimum atomic E-state index is -3.35. The van der Waals surface area contributed by atoms with Gasteiger partial charge in [0, 0.05) is 26.2 Å². The molecule has 2 rings (SSSR count). The molecule has 0 amide bonds. The number of hydrogen-bond donors (Lipinski definition) is 1. The van der Waals surface area contributed by atoms with E-state index >= 15 is 0 Å². The first-order valence-corrected chi connectivity index (χ1v) is 7.65. The number of sulfonamides is 1. The zero-order chi connectivity index (χ0) is 13.3. The molecule has 108 valence electrons. The lowest BCUT2D eigenvalue weighted by atomic mass is 10.1. The van der Waals surface area contributed by atoms with Gasteiger partial charge in [0.25, 0.3) is 0 Å². The normalized spacial score (nSPS) is 17.0. The lowest BCUT2D eigenvalue weighted by molar-refractivity contribution is 0.360. The quantitative estimate of drug-likeness (QED) is 0.903. The molecular formula is C13H21ClN2O2S. The predicted molar refractivity (Wildman–Crippen MR) is 79.5 cm³/mol. The molecule has 0 aromatic heterocycles. The zero-order valence-corrected chi connectivity index (χ0v) is 13.2. The van der Waals surface area contributed by atoms with Gasteiger partial charge in [-0.2, -0.15) is 4.31 Å². The van der Waals surface area contributed by atoms with E-state index in [-0.39, 0.29) is 12.4 Å². The fraction of sp³-hybridized carbons (Fsp3) is 0.538. The largest absolute Gasteiger partial charge is 0.314 e. The molecule has 0 bridgehead atoms. The Balaban J connectivity index is 0.00000180. The molecule has 1 aromatic carbocycles. The highest BCUT2D eigenvalue weighted by Crippen LogP contribution is 2.25. The topological polar surface area (TPSA) is 49.4 Å². The maximum absolute atomic E-state index is 12.6. The molecule has 0 spiro atoms. The number of aryl methyl sites for hydroxylation is 3. The summed E-state index contributed by atoms with van der Waals surface area (Å²) in [7, 11) is -3.35. The fourth-order valence-electron chi connectivity index (χ4n) is 2.59. The van der Waals surface area contributed by atoms with Crippen LogP contribution in [0.4, 0.5) is 0 Å². The average Bonchev–Trinajstić information content (AvgIpc) is 2.28. The van der Waals surface area contributed by atoms with Crippen LogP contribution in [-0.2, 0) is 10.0 Å². The minimum Gasteiger partial charge on any atom is -0.314 e. The summed E-state index contributed by atoms with van der Waals surface area (Å²) in [6.45, 7) is 8.28. The van der Waals surface area contributed by atoms with Crippen molar-refractivity contribution in [3.8, 4) is 0 Å². The van der Waals surface area contributed by atoms with E-state index in [1.807, 2.05) is 32.9 Å². The Hall–Kier alpha value is -0.620. The highest BCUT2D eigenvalue weighted by atomic mass is 35.5. The summed E-state index contributed by atoms with van der Waals surface area (Å²) in [6, 6.07) is 3.87. The van der Waals surface area contributed by atoms with E-state index in [1.165, 1.54) is 0 Å². The van der Waals surface area contributed by atoms with Gasteiger partial charge in [-0.05, 0) is 31.9 Å². The Labute approximate surface area is 121 Å². The maximum Gasteiger partial charge on any atom is 0.243 e. The standard InChI is InChI=1S/C13H20N2O2S.ClH/c1-10-8-11(2)13(12(3)9-10)18(16,17)15-6-4-14-5-7-15;/h8-9,14H,4-7H2,1-3H3;1H. The van der Waals surface area contributed by atoms with Crippen LogP contribution in [0.2, 0.25) is 0 Å². The van der Waals surface area contributed by atoms with E-state index in [4.69, 9.17) is 0 Å². The number of halogens is 1. The van der Waals surface area contributed by atoms with E-state index in [2.05, 4.69) is 5.32 Å². The Bertz CT molecular complexity index is 529. The van der Waals surface area contributed by atoms with Gasteiger partial charge in [-0.15, -0.1) is 12.4 Å². The zero-order valence-electron chi connectivity index (χ0n) is 11.6. The van der Waals surface area contributed by atoms with Crippen molar-refractivity contribution >= 4 is 22.4 Å². The molecule has 0 saturated carbocycles. The summed E-state index contributed by atoms with van der Waals surface area (Å²) in [6.07, 6.45) is 0. The van der Waals surface area contributed by atoms with Crippen molar-refractivity contribution in [3.05, 3.63) is 28.8 Å². The number of nitrogens with one attached hydrogen (secondary N) is 1. The fourth-order valence-corrected chi connectivity index (χ4v) is 4.44. The molecule has 1 N–H and O–H groups in total. The molecular weight excluding hydrogens is 284 g/mol. The minimum absolute atomic E-state index is 0. The van der Waals surface area contributed by atoms with Crippen LogP contribution < -0.4 is 5.32 Å². The number of rotatable bonds is 2. The highest BCUT2D eigenvalue weighted by Gasteiger charge is 2.28. The van der Waals surface area contributed by atoms with Crippen LogP contribution in [0.5, 0.6) is 0 Å². The molecule has 1 heterocycles. The van der Waals surface area contributed by atoms with Crippen molar-refractivity contribution in [1.82, 2.24) is 9.62 Å². The lowest BCUT2D eigenvalue weighted by Crippen LogP contribution is -2.46. The second-order valence-electron chi connectivity index (χ2n) is 4.88. The Morgan fingerprint density at radius 1 is 1.05 bits per heavy atom. The van der Waals surface area contributed by atoms with Gasteiger partial charge in [0.1, 0.15) is 0 Å². The first-order valence-electron chi connectivity index (χ1n) is 6.21. The van der Waals surface area contributed by atoms with Gasteiger partial charge in [-0.3, -0.25) is 0 Å². The number of hydrogen-bond acceptors (Lipinski definition) is 3. The summed E-state index contributed by atoms with van der Waals surface area (Å²) < 4.78 is 26.9. The Morgan fingerprint density at radius 2 is 1.53 bits per heavy atom. The molecule has 6 heteroatoms. The molecule has 0 atom stereocenters. The molecule has 1 aliphatic rings. The Morgan fingerprint density at radius 3 is 2.00 bits per heavy atom. The van der Waals surface area contributed by atoms with Gasteiger partial charge in [0.15, 0.2) is 0 Å². The second kappa shape index (κ2) is 6.22. The molecule has 0 unspecified atom stereocenters. The van der Waals surface area contributed by atoms with Gasteiger partial charge in [0.2, 0.25) is 10.0 Å². The van der Waals surface area contributed by atoms with Gasteiger partial charge >= 0.3 is 0 Å². The first kappa shape index (κ1) is 16.4. The summed E-state index contributed by atoms with van der Waals surface area (Å²) in [5, 5.41) is 3.17. The predicted octanol–water partition coefficient (Wildman–Crippen LogP) is 1.63. The third-order valence-electron chi connectivity index (χ3n) is 3.28. The number of benzene rings is 1. The second-order valence-corrected chi connectivity index (χ2v) is 6.76. The van der Waals surface area contributed by atoms with Crippen LogP contribution in [0.3, 0.4) is 0 Å². The van der Waals surface area contributed by atoms with E-state index in [0.29, 0.717) is 18.0 Å². The van der Waals surface area contributed by atoms with Crippen molar-refractivity contribution in [2.24, 2.45) is 0 Å². The van der Waals surface area contributed by atoms with Gasteiger partial charge in [-0.25, -0.2) is 8.42 Å². The van der Waals surface area contributed by atoms with Crippen LogP contribution >= 0.6 is 12.4 Å². The highest BCUT2D eigenvalue weighted by molar-refractivity contribution is 7.89.